The van der Waals surface area contributed by atoms with E-state index in [4.69, 9.17) is 0 Å². The first kappa shape index (κ1) is 12.0. The van der Waals surface area contributed by atoms with Crippen LogP contribution >= 0.6 is 0 Å². The first-order chi connectivity index (χ1) is 8.30. The van der Waals surface area contributed by atoms with Crippen molar-refractivity contribution < 1.29 is 0 Å². The van der Waals surface area contributed by atoms with Gasteiger partial charge in [0.15, 0.2) is 0 Å². The summed E-state index contributed by atoms with van der Waals surface area (Å²) in [7, 11) is 2.00. The molecule has 0 saturated carbocycles. The zero-order valence-corrected chi connectivity index (χ0v) is 11.0. The van der Waals surface area contributed by atoms with Gasteiger partial charge in [0.1, 0.15) is 0 Å². The Labute approximate surface area is 104 Å². The van der Waals surface area contributed by atoms with Gasteiger partial charge in [-0.05, 0) is 47.6 Å². The van der Waals surface area contributed by atoms with Crippen LogP contribution in [-0.4, -0.2) is 7.05 Å². The molecule has 0 heterocycles. The molecule has 1 aromatic carbocycles. The highest BCUT2D eigenvalue weighted by Gasteiger charge is 2.18. The fourth-order valence-electron chi connectivity index (χ4n) is 2.57. The average molecular weight is 227 g/mol. The molecule has 0 saturated heterocycles. The van der Waals surface area contributed by atoms with Crippen molar-refractivity contribution in [2.24, 2.45) is 0 Å². The van der Waals surface area contributed by atoms with Crippen molar-refractivity contribution in [2.45, 2.75) is 33.1 Å². The van der Waals surface area contributed by atoms with E-state index >= 15 is 0 Å². The molecular formula is C16H21N. The standard InChI is InChI=1S/C16H21N/c1-4-14(17-3)11-13-10-12-8-6-7-9-16(12)15(13)5-2/h6-9,11,17H,4-5,10H2,1-3H3/b14-11+. The highest BCUT2D eigenvalue weighted by Crippen LogP contribution is 2.35. The van der Waals surface area contributed by atoms with E-state index < -0.39 is 0 Å². The molecule has 1 aliphatic carbocycles. The van der Waals surface area contributed by atoms with Crippen LogP contribution in [0, 0.1) is 0 Å². The second-order valence-electron chi connectivity index (χ2n) is 4.46. The molecule has 0 fully saturated rings. The molecule has 0 atom stereocenters. The molecule has 90 valence electrons. The van der Waals surface area contributed by atoms with Crippen molar-refractivity contribution >= 4 is 5.57 Å². The summed E-state index contributed by atoms with van der Waals surface area (Å²) in [5.41, 5.74) is 7.25. The number of hydrogen-bond acceptors (Lipinski definition) is 1. The molecule has 0 spiro atoms. The Bertz CT molecular complexity index is 460. The molecule has 2 rings (SSSR count). The third kappa shape index (κ3) is 2.28. The van der Waals surface area contributed by atoms with Crippen LogP contribution in [0.5, 0.6) is 0 Å². The molecule has 0 aromatic heterocycles. The van der Waals surface area contributed by atoms with Crippen LogP contribution < -0.4 is 5.32 Å². The number of rotatable bonds is 4. The van der Waals surface area contributed by atoms with Crippen LogP contribution in [0.15, 0.2) is 41.6 Å². The number of nitrogens with one attached hydrogen (secondary N) is 1. The quantitative estimate of drug-likeness (QED) is 0.822. The third-order valence-corrected chi connectivity index (χ3v) is 3.52. The maximum atomic E-state index is 3.28. The molecule has 17 heavy (non-hydrogen) atoms. The molecule has 1 aliphatic rings. The minimum absolute atomic E-state index is 1.06. The highest BCUT2D eigenvalue weighted by molar-refractivity contribution is 5.78. The number of benzene rings is 1. The van der Waals surface area contributed by atoms with Gasteiger partial charge in [0, 0.05) is 12.7 Å². The SMILES string of the molecule is CCC1=C(/C=C(\CC)NC)Cc2ccccc21. The molecule has 0 radical (unpaired) electrons. The molecule has 0 amide bonds. The predicted molar refractivity (Wildman–Crippen MR) is 74.8 cm³/mol. The van der Waals surface area contributed by atoms with Crippen LogP contribution in [-0.2, 0) is 6.42 Å². The molecule has 1 aromatic rings. The predicted octanol–water partition coefficient (Wildman–Crippen LogP) is 3.92. The lowest BCUT2D eigenvalue weighted by Gasteiger charge is -2.06. The Hall–Kier alpha value is -1.50. The Kier molecular flexibility index (Phi) is 3.68. The fraction of sp³-hybridized carbons (Fsp3) is 0.375. The van der Waals surface area contributed by atoms with Gasteiger partial charge in [-0.3, -0.25) is 0 Å². The van der Waals surface area contributed by atoms with E-state index in [0.29, 0.717) is 0 Å². The minimum atomic E-state index is 1.06. The summed E-state index contributed by atoms with van der Waals surface area (Å²) in [6.07, 6.45) is 5.60. The summed E-state index contributed by atoms with van der Waals surface area (Å²) in [6.45, 7) is 4.44. The van der Waals surface area contributed by atoms with E-state index in [1.165, 1.54) is 28.0 Å². The summed E-state index contributed by atoms with van der Waals surface area (Å²) in [4.78, 5) is 0. The van der Waals surface area contributed by atoms with Gasteiger partial charge in [-0.2, -0.15) is 0 Å². The van der Waals surface area contributed by atoms with Gasteiger partial charge in [-0.1, -0.05) is 38.1 Å². The Morgan fingerprint density at radius 2 is 2.06 bits per heavy atom. The van der Waals surface area contributed by atoms with Gasteiger partial charge in [-0.25, -0.2) is 0 Å². The van der Waals surface area contributed by atoms with Gasteiger partial charge in [0.2, 0.25) is 0 Å². The maximum Gasteiger partial charge on any atom is 0.0104 e. The van der Waals surface area contributed by atoms with Gasteiger partial charge >= 0.3 is 0 Å². The Balaban J connectivity index is 2.40. The lowest BCUT2D eigenvalue weighted by Crippen LogP contribution is -2.04. The van der Waals surface area contributed by atoms with Crippen molar-refractivity contribution in [3.8, 4) is 0 Å². The van der Waals surface area contributed by atoms with Crippen LogP contribution in [0.1, 0.15) is 37.8 Å². The highest BCUT2D eigenvalue weighted by atomic mass is 14.8. The number of allylic oxidation sites excluding steroid dienone is 4. The first-order valence-corrected chi connectivity index (χ1v) is 6.48. The van der Waals surface area contributed by atoms with Gasteiger partial charge in [0.25, 0.3) is 0 Å². The Morgan fingerprint density at radius 1 is 1.29 bits per heavy atom. The lowest BCUT2D eigenvalue weighted by atomic mass is 10.0. The summed E-state index contributed by atoms with van der Waals surface area (Å²) in [5, 5.41) is 3.28. The normalized spacial score (nSPS) is 15.1. The fourth-order valence-corrected chi connectivity index (χ4v) is 2.57. The summed E-state index contributed by atoms with van der Waals surface area (Å²) < 4.78 is 0. The smallest absolute Gasteiger partial charge is 0.0104 e. The molecule has 1 heteroatoms. The van der Waals surface area contributed by atoms with Gasteiger partial charge in [-0.15, -0.1) is 0 Å². The molecular weight excluding hydrogens is 206 g/mol. The largest absolute Gasteiger partial charge is 0.391 e. The van der Waals surface area contributed by atoms with Gasteiger partial charge in [0.05, 0.1) is 0 Å². The van der Waals surface area contributed by atoms with Crippen LogP contribution in [0.25, 0.3) is 5.57 Å². The van der Waals surface area contributed by atoms with E-state index in [2.05, 4.69) is 49.5 Å². The van der Waals surface area contributed by atoms with Crippen molar-refractivity contribution in [1.29, 1.82) is 0 Å². The van der Waals surface area contributed by atoms with E-state index in [1.807, 2.05) is 7.05 Å². The third-order valence-electron chi connectivity index (χ3n) is 3.52. The maximum absolute atomic E-state index is 3.28. The zero-order valence-electron chi connectivity index (χ0n) is 11.0. The summed E-state index contributed by atoms with van der Waals surface area (Å²) >= 11 is 0. The van der Waals surface area contributed by atoms with Gasteiger partial charge < -0.3 is 5.32 Å². The first-order valence-electron chi connectivity index (χ1n) is 6.48. The summed E-state index contributed by atoms with van der Waals surface area (Å²) in [5.74, 6) is 0. The number of hydrogen-bond donors (Lipinski definition) is 1. The minimum Gasteiger partial charge on any atom is -0.391 e. The summed E-state index contributed by atoms with van der Waals surface area (Å²) in [6, 6.07) is 8.77. The Morgan fingerprint density at radius 3 is 2.71 bits per heavy atom. The van der Waals surface area contributed by atoms with Crippen LogP contribution in [0.2, 0.25) is 0 Å². The van der Waals surface area contributed by atoms with Crippen LogP contribution in [0.4, 0.5) is 0 Å². The molecule has 1 N–H and O–H groups in total. The molecule has 0 aliphatic heterocycles. The van der Waals surface area contributed by atoms with Crippen molar-refractivity contribution in [3.05, 3.63) is 52.7 Å². The van der Waals surface area contributed by atoms with E-state index in [1.54, 1.807) is 0 Å². The van der Waals surface area contributed by atoms with E-state index in [0.717, 1.165) is 19.3 Å². The van der Waals surface area contributed by atoms with Crippen molar-refractivity contribution in [2.75, 3.05) is 7.05 Å². The van der Waals surface area contributed by atoms with E-state index in [-0.39, 0.29) is 0 Å². The second kappa shape index (κ2) is 5.22. The topological polar surface area (TPSA) is 12.0 Å². The second-order valence-corrected chi connectivity index (χ2v) is 4.46. The molecule has 0 unspecified atom stereocenters. The zero-order chi connectivity index (χ0) is 12.3. The lowest BCUT2D eigenvalue weighted by molar-refractivity contribution is 0.896. The van der Waals surface area contributed by atoms with Crippen LogP contribution in [0.3, 0.4) is 0 Å². The van der Waals surface area contributed by atoms with E-state index in [9.17, 15) is 0 Å². The molecule has 1 nitrogen and oxygen atoms in total. The monoisotopic (exact) mass is 227 g/mol. The molecule has 0 bridgehead atoms. The number of fused-ring (bicyclic) bond motifs is 1. The average Bonchev–Trinajstić information content (AvgIpc) is 2.72. The van der Waals surface area contributed by atoms with Crippen molar-refractivity contribution in [3.63, 3.8) is 0 Å². The van der Waals surface area contributed by atoms with Crippen molar-refractivity contribution in [1.82, 2.24) is 5.32 Å².